The van der Waals surface area contributed by atoms with E-state index in [4.69, 9.17) is 0 Å². The monoisotopic (exact) mass is 275 g/mol. The van der Waals surface area contributed by atoms with E-state index in [1.807, 2.05) is 18.2 Å². The molecule has 1 N–H and O–H groups in total. The Bertz CT molecular complexity index is 436. The molecule has 0 unspecified atom stereocenters. The van der Waals surface area contributed by atoms with Crippen LogP contribution in [0.1, 0.15) is 45.1 Å². The van der Waals surface area contributed by atoms with Crippen LogP contribution < -0.4 is 0 Å². The minimum atomic E-state index is -0.617. The zero-order chi connectivity index (χ0) is 14.6. The highest BCUT2D eigenvalue weighted by molar-refractivity contribution is 5.75. The fourth-order valence-electron chi connectivity index (χ4n) is 3.12. The number of carboxylic acid groups (broad SMARTS) is 1. The van der Waals surface area contributed by atoms with Crippen LogP contribution in [0.15, 0.2) is 30.3 Å². The van der Waals surface area contributed by atoms with Crippen molar-refractivity contribution in [1.82, 2.24) is 4.90 Å². The summed E-state index contributed by atoms with van der Waals surface area (Å²) < 4.78 is 0. The van der Waals surface area contributed by atoms with E-state index in [0.29, 0.717) is 12.6 Å². The number of benzene rings is 1. The summed E-state index contributed by atoms with van der Waals surface area (Å²) in [6, 6.07) is 10.7. The molecule has 1 saturated carbocycles. The lowest BCUT2D eigenvalue weighted by Crippen LogP contribution is -2.44. The summed E-state index contributed by atoms with van der Waals surface area (Å²) in [5, 5.41) is 9.63. The molecule has 0 bridgehead atoms. The topological polar surface area (TPSA) is 40.5 Å². The number of rotatable bonds is 6. The van der Waals surface area contributed by atoms with Crippen LogP contribution in [0.25, 0.3) is 0 Å². The molecule has 1 aromatic carbocycles. The molecule has 0 heterocycles. The van der Waals surface area contributed by atoms with Gasteiger partial charge in [0.2, 0.25) is 0 Å². The second kappa shape index (κ2) is 6.40. The molecular weight excluding hydrogens is 250 g/mol. The fourth-order valence-corrected chi connectivity index (χ4v) is 3.12. The maximum absolute atomic E-state index is 11.7. The van der Waals surface area contributed by atoms with Crippen LogP contribution in [0.4, 0.5) is 0 Å². The van der Waals surface area contributed by atoms with Gasteiger partial charge in [0.25, 0.3) is 0 Å². The van der Waals surface area contributed by atoms with E-state index in [9.17, 15) is 9.90 Å². The molecule has 0 spiro atoms. The Balaban J connectivity index is 2.11. The van der Waals surface area contributed by atoms with E-state index in [0.717, 1.165) is 32.2 Å². The van der Waals surface area contributed by atoms with Gasteiger partial charge in [0, 0.05) is 19.1 Å². The van der Waals surface area contributed by atoms with Crippen molar-refractivity contribution in [2.45, 2.75) is 52.1 Å². The molecule has 0 amide bonds. The molecule has 3 heteroatoms. The number of nitrogens with zero attached hydrogens (tertiary/aromatic N) is 1. The van der Waals surface area contributed by atoms with Gasteiger partial charge in [-0.3, -0.25) is 9.69 Å². The second-order valence-corrected chi connectivity index (χ2v) is 6.28. The number of hydrogen-bond acceptors (Lipinski definition) is 2. The number of carbonyl (C=O) groups is 1. The third-order valence-electron chi connectivity index (χ3n) is 4.48. The van der Waals surface area contributed by atoms with Crippen molar-refractivity contribution in [3.8, 4) is 0 Å². The van der Waals surface area contributed by atoms with Gasteiger partial charge in [-0.05, 0) is 32.3 Å². The molecule has 0 aromatic heterocycles. The van der Waals surface area contributed by atoms with Crippen LogP contribution in [0.2, 0.25) is 0 Å². The predicted octanol–water partition coefficient (Wildman–Crippen LogP) is 3.54. The van der Waals surface area contributed by atoms with Crippen LogP contribution in [-0.4, -0.2) is 28.6 Å². The predicted molar refractivity (Wildman–Crippen MR) is 80.5 cm³/mol. The van der Waals surface area contributed by atoms with Crippen LogP contribution in [0, 0.1) is 5.41 Å². The lowest BCUT2D eigenvalue weighted by molar-refractivity contribution is -0.150. The van der Waals surface area contributed by atoms with Crippen molar-refractivity contribution in [3.05, 3.63) is 35.9 Å². The van der Waals surface area contributed by atoms with Gasteiger partial charge in [0.15, 0.2) is 0 Å². The van der Waals surface area contributed by atoms with E-state index >= 15 is 0 Å². The summed E-state index contributed by atoms with van der Waals surface area (Å²) in [6.45, 7) is 5.78. The van der Waals surface area contributed by atoms with Crippen molar-refractivity contribution in [2.75, 3.05) is 6.54 Å². The van der Waals surface area contributed by atoms with Gasteiger partial charge < -0.3 is 5.11 Å². The summed E-state index contributed by atoms with van der Waals surface area (Å²) in [5.74, 6) is -0.617. The standard InChI is InChI=1S/C17H25NO2/c1-14(2)18(12-15-8-4-3-5-9-15)13-17(16(19)20)10-6-7-11-17/h3-5,8-9,14H,6-7,10-13H2,1-2H3,(H,19,20). The second-order valence-electron chi connectivity index (χ2n) is 6.28. The summed E-state index contributed by atoms with van der Waals surface area (Å²) in [6.07, 6.45) is 3.73. The van der Waals surface area contributed by atoms with Gasteiger partial charge in [-0.1, -0.05) is 43.2 Å². The molecule has 0 saturated heterocycles. The van der Waals surface area contributed by atoms with Crippen molar-refractivity contribution in [1.29, 1.82) is 0 Å². The minimum Gasteiger partial charge on any atom is -0.481 e. The highest BCUT2D eigenvalue weighted by Crippen LogP contribution is 2.39. The molecule has 1 fully saturated rings. The van der Waals surface area contributed by atoms with E-state index in [1.54, 1.807) is 0 Å². The first-order valence-electron chi connectivity index (χ1n) is 7.55. The molecular formula is C17H25NO2. The highest BCUT2D eigenvalue weighted by atomic mass is 16.4. The van der Waals surface area contributed by atoms with E-state index < -0.39 is 11.4 Å². The number of hydrogen-bond donors (Lipinski definition) is 1. The van der Waals surface area contributed by atoms with Gasteiger partial charge in [-0.15, -0.1) is 0 Å². The van der Waals surface area contributed by atoms with Crippen LogP contribution >= 0.6 is 0 Å². The molecule has 110 valence electrons. The van der Waals surface area contributed by atoms with Gasteiger partial charge >= 0.3 is 5.97 Å². The molecule has 0 radical (unpaired) electrons. The average molecular weight is 275 g/mol. The van der Waals surface area contributed by atoms with Crippen molar-refractivity contribution in [2.24, 2.45) is 5.41 Å². The number of aliphatic carboxylic acids is 1. The van der Waals surface area contributed by atoms with Gasteiger partial charge in [0.1, 0.15) is 0 Å². The molecule has 1 aliphatic rings. The molecule has 1 aromatic rings. The molecule has 20 heavy (non-hydrogen) atoms. The zero-order valence-corrected chi connectivity index (χ0v) is 12.5. The Morgan fingerprint density at radius 1 is 1.25 bits per heavy atom. The van der Waals surface area contributed by atoms with Crippen molar-refractivity contribution >= 4 is 5.97 Å². The first kappa shape index (κ1) is 15.0. The minimum absolute atomic E-state index is 0.354. The zero-order valence-electron chi connectivity index (χ0n) is 12.5. The van der Waals surface area contributed by atoms with Crippen LogP contribution in [0.5, 0.6) is 0 Å². The van der Waals surface area contributed by atoms with E-state index in [2.05, 4.69) is 30.9 Å². The summed E-state index contributed by atoms with van der Waals surface area (Å²) in [4.78, 5) is 14.0. The summed E-state index contributed by atoms with van der Waals surface area (Å²) >= 11 is 0. The van der Waals surface area contributed by atoms with E-state index in [-0.39, 0.29) is 0 Å². The summed E-state index contributed by atoms with van der Waals surface area (Å²) in [5.41, 5.74) is 0.721. The number of carboxylic acids is 1. The SMILES string of the molecule is CC(C)N(Cc1ccccc1)CC1(C(=O)O)CCCC1. The Morgan fingerprint density at radius 2 is 1.85 bits per heavy atom. The van der Waals surface area contributed by atoms with Crippen LogP contribution in [-0.2, 0) is 11.3 Å². The fraction of sp³-hybridized carbons (Fsp3) is 0.588. The normalized spacial score (nSPS) is 17.8. The lowest BCUT2D eigenvalue weighted by atomic mass is 9.85. The summed E-state index contributed by atoms with van der Waals surface area (Å²) in [7, 11) is 0. The average Bonchev–Trinajstić information content (AvgIpc) is 2.89. The van der Waals surface area contributed by atoms with Gasteiger partial charge in [0.05, 0.1) is 5.41 Å². The molecule has 0 aliphatic heterocycles. The molecule has 0 atom stereocenters. The maximum Gasteiger partial charge on any atom is 0.310 e. The smallest absolute Gasteiger partial charge is 0.310 e. The highest BCUT2D eigenvalue weighted by Gasteiger charge is 2.42. The Labute approximate surface area is 121 Å². The third kappa shape index (κ3) is 3.40. The molecule has 1 aliphatic carbocycles. The Morgan fingerprint density at radius 3 is 2.35 bits per heavy atom. The van der Waals surface area contributed by atoms with Crippen molar-refractivity contribution in [3.63, 3.8) is 0 Å². The maximum atomic E-state index is 11.7. The third-order valence-corrected chi connectivity index (χ3v) is 4.48. The largest absolute Gasteiger partial charge is 0.481 e. The van der Waals surface area contributed by atoms with Gasteiger partial charge in [-0.2, -0.15) is 0 Å². The molecule has 2 rings (SSSR count). The Hall–Kier alpha value is -1.35. The van der Waals surface area contributed by atoms with Crippen molar-refractivity contribution < 1.29 is 9.90 Å². The lowest BCUT2D eigenvalue weighted by Gasteiger charge is -2.34. The molecule has 3 nitrogen and oxygen atoms in total. The van der Waals surface area contributed by atoms with Crippen LogP contribution in [0.3, 0.4) is 0 Å². The first-order chi connectivity index (χ1) is 9.53. The Kier molecular flexibility index (Phi) is 4.81. The first-order valence-corrected chi connectivity index (χ1v) is 7.55. The van der Waals surface area contributed by atoms with Gasteiger partial charge in [-0.25, -0.2) is 0 Å². The quantitative estimate of drug-likeness (QED) is 0.863. The van der Waals surface area contributed by atoms with E-state index in [1.165, 1.54) is 5.56 Å².